The first-order valence-electron chi connectivity index (χ1n) is 9.79. The van der Waals surface area contributed by atoms with E-state index >= 15 is 0 Å². The fourth-order valence-electron chi connectivity index (χ4n) is 3.13. The maximum atomic E-state index is 6.07. The number of benzene rings is 2. The summed E-state index contributed by atoms with van der Waals surface area (Å²) in [5.74, 6) is 1.90. The van der Waals surface area contributed by atoms with Crippen molar-refractivity contribution in [3.05, 3.63) is 58.7 Å². The zero-order valence-electron chi connectivity index (χ0n) is 18.8. The highest BCUT2D eigenvalue weighted by molar-refractivity contribution is 5.47. The molecule has 2 nitrogen and oxygen atoms in total. The first-order chi connectivity index (χ1) is 12.2. The Bertz CT molecular complexity index is 735. The fraction of sp³-hybridized carbons (Fsp3) is 0.520. The molecule has 0 aromatic heterocycles. The molecule has 0 saturated carbocycles. The third-order valence-electron chi connectivity index (χ3n) is 4.63. The van der Waals surface area contributed by atoms with E-state index in [0.29, 0.717) is 0 Å². The molecule has 0 spiro atoms. The summed E-state index contributed by atoms with van der Waals surface area (Å²) in [5, 5.41) is 0. The van der Waals surface area contributed by atoms with Crippen LogP contribution in [0.4, 0.5) is 0 Å². The molecule has 0 atom stereocenters. The first kappa shape index (κ1) is 21.3. The predicted octanol–water partition coefficient (Wildman–Crippen LogP) is 6.98. The summed E-state index contributed by atoms with van der Waals surface area (Å²) in [5.41, 5.74) is 4.41. The summed E-state index contributed by atoms with van der Waals surface area (Å²) in [6, 6.07) is 13.1. The maximum Gasteiger partial charge on any atom is 0.123 e. The quantitative estimate of drug-likeness (QED) is 0.579. The molecule has 0 amide bonds. The van der Waals surface area contributed by atoms with E-state index in [9.17, 15) is 0 Å². The molecular weight excluding hydrogens is 332 g/mol. The van der Waals surface area contributed by atoms with Gasteiger partial charge in [0.15, 0.2) is 0 Å². The van der Waals surface area contributed by atoms with Crippen LogP contribution in [0.2, 0.25) is 0 Å². The van der Waals surface area contributed by atoms with Crippen LogP contribution in [0, 0.1) is 13.8 Å². The highest BCUT2D eigenvalue weighted by Gasteiger charge is 2.25. The lowest BCUT2D eigenvalue weighted by Gasteiger charge is -2.29. The fourth-order valence-corrected chi connectivity index (χ4v) is 3.13. The Hall–Kier alpha value is -1.96. The Morgan fingerprint density at radius 1 is 0.556 bits per heavy atom. The van der Waals surface area contributed by atoms with Crippen LogP contribution >= 0.6 is 0 Å². The highest BCUT2D eigenvalue weighted by atomic mass is 16.5. The van der Waals surface area contributed by atoms with Gasteiger partial charge in [-0.25, -0.2) is 0 Å². The molecule has 27 heavy (non-hydrogen) atoms. The lowest BCUT2D eigenvalue weighted by molar-refractivity contribution is 0.129. The molecular formula is C25H36O2. The second-order valence-electron chi connectivity index (χ2n) is 10.0. The number of ether oxygens (including phenoxy) is 2. The molecule has 2 rings (SSSR count). The summed E-state index contributed by atoms with van der Waals surface area (Å²) < 4.78 is 12.1. The average Bonchev–Trinajstić information content (AvgIpc) is 2.48. The van der Waals surface area contributed by atoms with Crippen LogP contribution in [0.25, 0.3) is 0 Å². The lowest BCUT2D eigenvalue weighted by atomic mass is 9.77. The van der Waals surface area contributed by atoms with Gasteiger partial charge >= 0.3 is 0 Å². The van der Waals surface area contributed by atoms with Crippen LogP contribution in [0.15, 0.2) is 36.4 Å². The van der Waals surface area contributed by atoms with Crippen molar-refractivity contribution < 1.29 is 9.47 Å². The van der Waals surface area contributed by atoms with Crippen molar-refractivity contribution in [3.63, 3.8) is 0 Å². The largest absolute Gasteiger partial charge is 0.488 e. The van der Waals surface area contributed by atoms with E-state index < -0.39 is 0 Å². The van der Waals surface area contributed by atoms with Crippen LogP contribution in [0.3, 0.4) is 0 Å². The van der Waals surface area contributed by atoms with Gasteiger partial charge in [0.05, 0.1) is 0 Å². The molecule has 2 aromatic rings. The van der Waals surface area contributed by atoms with E-state index in [1.807, 2.05) is 0 Å². The van der Waals surface area contributed by atoms with Crippen molar-refractivity contribution in [2.24, 2.45) is 0 Å². The lowest BCUT2D eigenvalue weighted by Crippen LogP contribution is -2.24. The molecule has 0 aliphatic heterocycles. The van der Waals surface area contributed by atoms with Gasteiger partial charge in [0.25, 0.3) is 0 Å². The van der Waals surface area contributed by atoms with Crippen LogP contribution in [0.1, 0.15) is 77.6 Å². The molecule has 0 bridgehead atoms. The first-order valence-corrected chi connectivity index (χ1v) is 9.79. The third-order valence-corrected chi connectivity index (χ3v) is 4.63. The standard InChI is InChI=1S/C25H36O2/c1-17-15-19(11-13-21(17)26-23(3,4)5)25(9,10)20-12-14-22(18(2)16-20)27-24(6,7)8/h11-16H,1-10H3. The Balaban J connectivity index is 2.35. The van der Waals surface area contributed by atoms with Gasteiger partial charge in [-0.15, -0.1) is 0 Å². The Labute approximate surface area is 165 Å². The van der Waals surface area contributed by atoms with Crippen molar-refractivity contribution in [1.82, 2.24) is 0 Å². The van der Waals surface area contributed by atoms with Crippen molar-refractivity contribution in [2.75, 3.05) is 0 Å². The molecule has 2 heteroatoms. The molecule has 0 fully saturated rings. The Morgan fingerprint density at radius 3 is 1.15 bits per heavy atom. The number of hydrogen-bond acceptors (Lipinski definition) is 2. The van der Waals surface area contributed by atoms with Gasteiger partial charge in [-0.3, -0.25) is 0 Å². The third kappa shape index (κ3) is 5.51. The summed E-state index contributed by atoms with van der Waals surface area (Å²) in [4.78, 5) is 0. The van der Waals surface area contributed by atoms with Crippen LogP contribution in [-0.2, 0) is 5.41 Å². The Morgan fingerprint density at radius 2 is 0.889 bits per heavy atom. The second kappa shape index (κ2) is 7.22. The van der Waals surface area contributed by atoms with E-state index in [1.54, 1.807) is 0 Å². The minimum atomic E-state index is -0.193. The van der Waals surface area contributed by atoms with Crippen molar-refractivity contribution in [2.45, 2.75) is 85.9 Å². The summed E-state index contributed by atoms with van der Waals surface area (Å²) in [6.07, 6.45) is 0. The van der Waals surface area contributed by atoms with E-state index in [0.717, 1.165) is 11.5 Å². The molecule has 0 heterocycles. The highest BCUT2D eigenvalue weighted by Crippen LogP contribution is 2.36. The van der Waals surface area contributed by atoms with E-state index in [-0.39, 0.29) is 16.6 Å². The van der Waals surface area contributed by atoms with Crippen LogP contribution < -0.4 is 9.47 Å². The van der Waals surface area contributed by atoms with Gasteiger partial charge in [0.2, 0.25) is 0 Å². The SMILES string of the molecule is Cc1cc(C(C)(C)c2ccc(OC(C)(C)C)c(C)c2)ccc1OC(C)(C)C. The molecule has 0 aliphatic carbocycles. The van der Waals surface area contributed by atoms with E-state index in [2.05, 4.69) is 106 Å². The zero-order valence-corrected chi connectivity index (χ0v) is 18.8. The van der Waals surface area contributed by atoms with E-state index in [4.69, 9.17) is 9.47 Å². The summed E-state index contributed by atoms with van der Waals surface area (Å²) >= 11 is 0. The monoisotopic (exact) mass is 368 g/mol. The van der Waals surface area contributed by atoms with Gasteiger partial charge in [0.1, 0.15) is 22.7 Å². The van der Waals surface area contributed by atoms with Gasteiger partial charge in [-0.1, -0.05) is 38.1 Å². The minimum absolute atomic E-state index is 0.101. The summed E-state index contributed by atoms with van der Waals surface area (Å²) in [6.45, 7) is 21.2. The van der Waals surface area contributed by atoms with Gasteiger partial charge < -0.3 is 9.47 Å². The predicted molar refractivity (Wildman–Crippen MR) is 115 cm³/mol. The van der Waals surface area contributed by atoms with Crippen LogP contribution in [-0.4, -0.2) is 11.2 Å². The molecule has 0 saturated heterocycles. The summed E-state index contributed by atoms with van der Waals surface area (Å²) in [7, 11) is 0. The van der Waals surface area contributed by atoms with Crippen LogP contribution in [0.5, 0.6) is 11.5 Å². The van der Waals surface area contributed by atoms with Gasteiger partial charge in [0, 0.05) is 5.41 Å². The van der Waals surface area contributed by atoms with Gasteiger partial charge in [-0.05, 0) is 89.8 Å². The normalized spacial score (nSPS) is 12.8. The van der Waals surface area contributed by atoms with E-state index in [1.165, 1.54) is 22.3 Å². The second-order valence-corrected chi connectivity index (χ2v) is 10.0. The smallest absolute Gasteiger partial charge is 0.123 e. The molecule has 0 aliphatic rings. The number of rotatable bonds is 4. The average molecular weight is 369 g/mol. The van der Waals surface area contributed by atoms with Crippen molar-refractivity contribution in [3.8, 4) is 11.5 Å². The maximum absolute atomic E-state index is 6.07. The van der Waals surface area contributed by atoms with Gasteiger partial charge in [-0.2, -0.15) is 0 Å². The number of aryl methyl sites for hydroxylation is 2. The molecule has 0 unspecified atom stereocenters. The molecule has 148 valence electrons. The van der Waals surface area contributed by atoms with Crippen molar-refractivity contribution >= 4 is 0 Å². The van der Waals surface area contributed by atoms with Crippen molar-refractivity contribution in [1.29, 1.82) is 0 Å². The topological polar surface area (TPSA) is 18.5 Å². The zero-order chi connectivity index (χ0) is 20.6. The minimum Gasteiger partial charge on any atom is -0.488 e. The molecule has 0 radical (unpaired) electrons. The molecule has 0 N–H and O–H groups in total. The Kier molecular flexibility index (Phi) is 5.71. The molecule has 2 aromatic carbocycles. The number of hydrogen-bond donors (Lipinski definition) is 0.